The van der Waals surface area contributed by atoms with Crippen LogP contribution in [-0.2, 0) is 4.79 Å². The van der Waals surface area contributed by atoms with Crippen LogP contribution < -0.4 is 5.32 Å². The van der Waals surface area contributed by atoms with E-state index in [1.807, 2.05) is 19.9 Å². The maximum atomic E-state index is 10.9. The van der Waals surface area contributed by atoms with Crippen LogP contribution in [0.3, 0.4) is 0 Å². The summed E-state index contributed by atoms with van der Waals surface area (Å²) >= 11 is 0. The fourth-order valence-electron chi connectivity index (χ4n) is 1.56. The summed E-state index contributed by atoms with van der Waals surface area (Å²) in [6.45, 7) is 7.53. The second-order valence-electron chi connectivity index (χ2n) is 3.98. The van der Waals surface area contributed by atoms with Gasteiger partial charge in [0.15, 0.2) is 0 Å². The molecular weight excluding hydrogens is 236 g/mol. The highest BCUT2D eigenvalue weighted by Gasteiger charge is 2.00. The van der Waals surface area contributed by atoms with Crippen molar-refractivity contribution in [3.63, 3.8) is 0 Å². The molecule has 1 aromatic heterocycles. The first-order chi connectivity index (χ1) is 9.15. The van der Waals surface area contributed by atoms with Gasteiger partial charge in [-0.25, -0.2) is 4.98 Å². The highest BCUT2D eigenvalue weighted by atomic mass is 16.1. The quantitative estimate of drug-likeness (QED) is 0.873. The molecule has 2 rings (SSSR count). The van der Waals surface area contributed by atoms with Crippen LogP contribution in [0.25, 0.3) is 11.1 Å². The van der Waals surface area contributed by atoms with Crippen molar-refractivity contribution in [2.75, 3.05) is 5.32 Å². The van der Waals surface area contributed by atoms with Crippen molar-refractivity contribution < 1.29 is 6.22 Å². The Kier molecular flexibility index (Phi) is 5.73. The van der Waals surface area contributed by atoms with Gasteiger partial charge in [0.2, 0.25) is 5.91 Å². The zero-order valence-corrected chi connectivity index (χ0v) is 11.9. The number of rotatable bonds is 2. The molecule has 0 aliphatic rings. The summed E-state index contributed by atoms with van der Waals surface area (Å²) in [5, 5.41) is 2.64. The Balaban J connectivity index is 0.00000115. The molecule has 0 atom stereocenters. The highest BCUT2D eigenvalue weighted by Crippen LogP contribution is 2.19. The van der Waals surface area contributed by atoms with E-state index < -0.39 is 0 Å². The average molecular weight is 258 g/mol. The van der Waals surface area contributed by atoms with Gasteiger partial charge in [-0.15, -0.1) is 0 Å². The Hall–Kier alpha value is -2.16. The minimum Gasteiger partial charge on any atom is -0.311 e. The minimum absolute atomic E-state index is 0. The largest absolute Gasteiger partial charge is 0.311 e. The Morgan fingerprint density at radius 2 is 1.63 bits per heavy atom. The fraction of sp³-hybridized carbons (Fsp3) is 0.250. The molecule has 0 spiro atoms. The lowest BCUT2D eigenvalue weighted by molar-refractivity contribution is -0.114. The summed E-state index contributed by atoms with van der Waals surface area (Å²) in [7, 11) is 0. The number of aryl methyl sites for hydroxylation is 1. The standard InChI is InChI=1S/C14H14N2O.C2H6.H2/c1-10-3-5-12(6-4-10)13-7-8-14(15-9-13)16-11(2)17;1-2;/h3-9H,1-2H3,(H,15,16,17);1-2H3;1H. The summed E-state index contributed by atoms with van der Waals surface area (Å²) in [6.07, 6.45) is 1.76. The molecule has 0 fully saturated rings. The Bertz CT molecular complexity index is 521. The van der Waals surface area contributed by atoms with Gasteiger partial charge in [-0.3, -0.25) is 4.79 Å². The number of carbonyl (C=O) groups excluding carboxylic acids is 1. The number of carbonyl (C=O) groups is 1. The lowest BCUT2D eigenvalue weighted by Gasteiger charge is -2.04. The van der Waals surface area contributed by atoms with E-state index in [0.29, 0.717) is 5.82 Å². The number of anilines is 1. The molecule has 3 nitrogen and oxygen atoms in total. The number of aromatic nitrogens is 1. The molecule has 19 heavy (non-hydrogen) atoms. The topological polar surface area (TPSA) is 42.0 Å². The summed E-state index contributed by atoms with van der Waals surface area (Å²) in [4.78, 5) is 15.0. The first-order valence-corrected chi connectivity index (χ1v) is 6.46. The zero-order chi connectivity index (χ0) is 14.3. The first-order valence-electron chi connectivity index (χ1n) is 6.46. The lowest BCUT2D eigenvalue weighted by atomic mass is 10.1. The normalized spacial score (nSPS) is 9.26. The lowest BCUT2D eigenvalue weighted by Crippen LogP contribution is -2.06. The molecule has 0 aliphatic heterocycles. The van der Waals surface area contributed by atoms with Crippen LogP contribution >= 0.6 is 0 Å². The highest BCUT2D eigenvalue weighted by molar-refractivity contribution is 5.87. The van der Waals surface area contributed by atoms with E-state index >= 15 is 0 Å². The second-order valence-corrected chi connectivity index (χ2v) is 3.98. The van der Waals surface area contributed by atoms with Gasteiger partial charge in [0, 0.05) is 20.1 Å². The smallest absolute Gasteiger partial charge is 0.222 e. The number of hydrogen-bond donors (Lipinski definition) is 1. The van der Waals surface area contributed by atoms with Gasteiger partial charge in [0.1, 0.15) is 5.82 Å². The van der Waals surface area contributed by atoms with Gasteiger partial charge in [0.25, 0.3) is 0 Å². The van der Waals surface area contributed by atoms with Gasteiger partial charge in [-0.05, 0) is 24.6 Å². The Morgan fingerprint density at radius 3 is 2.11 bits per heavy atom. The molecule has 0 radical (unpaired) electrons. The van der Waals surface area contributed by atoms with Crippen LogP contribution in [0.2, 0.25) is 0 Å². The Morgan fingerprint density at radius 1 is 1.05 bits per heavy atom. The van der Waals surface area contributed by atoms with E-state index in [1.54, 1.807) is 12.3 Å². The van der Waals surface area contributed by atoms with Crippen LogP contribution in [-0.4, -0.2) is 10.9 Å². The van der Waals surface area contributed by atoms with Crippen molar-refractivity contribution in [1.82, 2.24) is 4.98 Å². The number of benzene rings is 1. The van der Waals surface area contributed by atoms with E-state index in [2.05, 4.69) is 41.5 Å². The summed E-state index contributed by atoms with van der Waals surface area (Å²) in [5.74, 6) is 0.467. The molecule has 102 valence electrons. The van der Waals surface area contributed by atoms with E-state index in [-0.39, 0.29) is 7.33 Å². The predicted octanol–water partition coefficient (Wildman–Crippen LogP) is 4.29. The average Bonchev–Trinajstić information content (AvgIpc) is 2.42. The molecule has 2 aromatic rings. The van der Waals surface area contributed by atoms with Crippen molar-refractivity contribution in [2.24, 2.45) is 0 Å². The van der Waals surface area contributed by atoms with Crippen LogP contribution in [0.15, 0.2) is 42.6 Å². The van der Waals surface area contributed by atoms with Crippen molar-refractivity contribution in [3.05, 3.63) is 48.2 Å². The fourth-order valence-corrected chi connectivity index (χ4v) is 1.56. The van der Waals surface area contributed by atoms with E-state index in [1.165, 1.54) is 12.5 Å². The molecule has 1 N–H and O–H groups in total. The van der Waals surface area contributed by atoms with Crippen LogP contribution in [0.5, 0.6) is 0 Å². The van der Waals surface area contributed by atoms with Crippen molar-refractivity contribution >= 4 is 11.7 Å². The monoisotopic (exact) mass is 258 g/mol. The molecule has 0 saturated heterocycles. The molecule has 0 unspecified atom stereocenters. The van der Waals surface area contributed by atoms with E-state index in [0.717, 1.165) is 11.1 Å². The maximum absolute atomic E-state index is 10.9. The molecule has 1 heterocycles. The molecule has 1 amide bonds. The van der Waals surface area contributed by atoms with Gasteiger partial charge >= 0.3 is 0 Å². The third kappa shape index (κ3) is 4.54. The summed E-state index contributed by atoms with van der Waals surface area (Å²) < 4.78 is 0. The van der Waals surface area contributed by atoms with Gasteiger partial charge in [0.05, 0.1) is 0 Å². The van der Waals surface area contributed by atoms with E-state index in [9.17, 15) is 4.79 Å². The molecule has 3 heteroatoms. The SMILES string of the molecule is CC.CC(=O)Nc1ccc(-c2ccc(C)cc2)cn1.[HH]. The molecule has 0 aliphatic carbocycles. The van der Waals surface area contributed by atoms with Crippen molar-refractivity contribution in [3.8, 4) is 11.1 Å². The molecule has 0 saturated carbocycles. The maximum Gasteiger partial charge on any atom is 0.222 e. The number of pyridine rings is 1. The number of nitrogens with zero attached hydrogens (tertiary/aromatic N) is 1. The first kappa shape index (κ1) is 14.9. The van der Waals surface area contributed by atoms with Gasteiger partial charge in [-0.2, -0.15) is 0 Å². The van der Waals surface area contributed by atoms with Crippen molar-refractivity contribution in [1.29, 1.82) is 0 Å². The van der Waals surface area contributed by atoms with Gasteiger partial charge < -0.3 is 5.32 Å². The second kappa shape index (κ2) is 7.31. The molecular formula is C16H22N2O. The van der Waals surface area contributed by atoms with Gasteiger partial charge in [-0.1, -0.05) is 43.7 Å². The van der Waals surface area contributed by atoms with Crippen molar-refractivity contribution in [2.45, 2.75) is 27.7 Å². The van der Waals surface area contributed by atoms with Crippen LogP contribution in [0.1, 0.15) is 27.8 Å². The molecule has 0 bridgehead atoms. The van der Waals surface area contributed by atoms with Crippen LogP contribution in [0.4, 0.5) is 5.82 Å². The minimum atomic E-state index is -0.111. The summed E-state index contributed by atoms with van der Waals surface area (Å²) in [5.41, 5.74) is 3.40. The number of hydrogen-bond acceptors (Lipinski definition) is 2. The predicted molar refractivity (Wildman–Crippen MR) is 82.2 cm³/mol. The number of nitrogens with one attached hydrogen (secondary N) is 1. The third-order valence-electron chi connectivity index (χ3n) is 2.45. The van der Waals surface area contributed by atoms with Crippen LogP contribution in [0, 0.1) is 6.92 Å². The summed E-state index contributed by atoms with van der Waals surface area (Å²) in [6, 6.07) is 12.0. The molecule has 1 aromatic carbocycles. The zero-order valence-electron chi connectivity index (χ0n) is 11.9. The number of amides is 1. The third-order valence-corrected chi connectivity index (χ3v) is 2.45. The van der Waals surface area contributed by atoms with E-state index in [4.69, 9.17) is 0 Å². The Labute approximate surface area is 116 Å².